The molecule has 9 nitrogen and oxygen atoms in total. The number of rotatable bonds is 5. The molecule has 30 heavy (non-hydrogen) atoms. The van der Waals surface area contributed by atoms with E-state index >= 15 is 0 Å². The molecule has 1 aliphatic heterocycles. The summed E-state index contributed by atoms with van der Waals surface area (Å²) in [5.41, 5.74) is 1.51. The minimum absolute atomic E-state index is 0.204. The van der Waals surface area contributed by atoms with Gasteiger partial charge in [0.25, 0.3) is 0 Å². The molecule has 3 rings (SSSR count). The fourth-order valence-electron chi connectivity index (χ4n) is 3.20. The maximum atomic E-state index is 12.2. The van der Waals surface area contributed by atoms with Gasteiger partial charge in [0.2, 0.25) is 17.7 Å². The second-order valence-corrected chi connectivity index (χ2v) is 8.16. The quantitative estimate of drug-likeness (QED) is 0.642. The minimum atomic E-state index is -0.661. The zero-order valence-corrected chi connectivity index (χ0v) is 17.2. The van der Waals surface area contributed by atoms with Crippen LogP contribution in [0.25, 0.3) is 11.0 Å². The highest BCUT2D eigenvalue weighted by Crippen LogP contribution is 2.33. The Balaban J connectivity index is 1.61. The van der Waals surface area contributed by atoms with Crippen molar-refractivity contribution in [1.82, 2.24) is 16.0 Å². The fourth-order valence-corrected chi connectivity index (χ4v) is 3.20. The topological polar surface area (TPSA) is 127 Å². The van der Waals surface area contributed by atoms with E-state index in [1.54, 1.807) is 26.8 Å². The summed E-state index contributed by atoms with van der Waals surface area (Å²) in [5.74, 6) is -1.42. The molecule has 0 saturated carbocycles. The van der Waals surface area contributed by atoms with Gasteiger partial charge in [0, 0.05) is 23.9 Å². The Kier molecular flexibility index (Phi) is 6.09. The second kappa shape index (κ2) is 8.56. The van der Waals surface area contributed by atoms with Crippen LogP contribution in [-0.4, -0.2) is 36.0 Å². The highest BCUT2D eigenvalue weighted by Gasteiger charge is 2.30. The first-order valence-electron chi connectivity index (χ1n) is 9.69. The molecule has 2 aromatic rings. The molecule has 9 heteroatoms. The smallest absolute Gasteiger partial charge is 0.408 e. The molecule has 0 bridgehead atoms. The number of imide groups is 1. The van der Waals surface area contributed by atoms with Crippen molar-refractivity contribution in [1.29, 1.82) is 0 Å². The summed E-state index contributed by atoms with van der Waals surface area (Å²) >= 11 is 0. The summed E-state index contributed by atoms with van der Waals surface area (Å²) in [6.45, 7) is 5.25. The number of hydrogen-bond donors (Lipinski definition) is 3. The van der Waals surface area contributed by atoms with E-state index in [0.29, 0.717) is 12.0 Å². The molecule has 3 N–H and O–H groups in total. The van der Waals surface area contributed by atoms with Crippen molar-refractivity contribution < 1.29 is 28.3 Å². The Morgan fingerprint density at radius 3 is 2.70 bits per heavy atom. The number of alkyl carbamates (subject to hydrolysis) is 1. The highest BCUT2D eigenvalue weighted by atomic mass is 16.6. The van der Waals surface area contributed by atoms with Gasteiger partial charge in [-0.25, -0.2) is 4.79 Å². The molecule has 160 valence electrons. The number of amides is 4. The zero-order chi connectivity index (χ0) is 21.9. The van der Waals surface area contributed by atoms with Gasteiger partial charge in [0.1, 0.15) is 17.7 Å². The molecule has 1 fully saturated rings. The molecule has 1 unspecified atom stereocenters. The summed E-state index contributed by atoms with van der Waals surface area (Å²) in [6, 6.07) is 5.42. The first kappa shape index (κ1) is 21.4. The number of furan rings is 1. The normalized spacial score (nSPS) is 16.8. The van der Waals surface area contributed by atoms with Gasteiger partial charge < -0.3 is 19.8 Å². The van der Waals surface area contributed by atoms with Crippen molar-refractivity contribution in [2.45, 2.75) is 51.7 Å². The van der Waals surface area contributed by atoms with Crippen LogP contribution >= 0.6 is 0 Å². The van der Waals surface area contributed by atoms with Crippen LogP contribution in [0.2, 0.25) is 0 Å². The SMILES string of the molecule is CC(C)(C)OC(=O)NCC(=O)NCc1ccc2occ(C3CCC(=O)NC3=O)c2c1. The second-order valence-electron chi connectivity index (χ2n) is 8.16. The monoisotopic (exact) mass is 415 g/mol. The van der Waals surface area contributed by atoms with Crippen molar-refractivity contribution in [2.24, 2.45) is 0 Å². The maximum Gasteiger partial charge on any atom is 0.408 e. The summed E-state index contributed by atoms with van der Waals surface area (Å²) in [6.07, 6.45) is 1.59. The summed E-state index contributed by atoms with van der Waals surface area (Å²) in [5, 5.41) is 8.24. The molecule has 1 aromatic heterocycles. The molecule has 2 heterocycles. The van der Waals surface area contributed by atoms with Crippen LogP contribution < -0.4 is 16.0 Å². The first-order chi connectivity index (χ1) is 14.1. The fraction of sp³-hybridized carbons (Fsp3) is 0.429. The van der Waals surface area contributed by atoms with Crippen molar-refractivity contribution in [3.05, 3.63) is 35.6 Å². The molecule has 0 spiro atoms. The third kappa shape index (κ3) is 5.37. The minimum Gasteiger partial charge on any atom is -0.464 e. The van der Waals surface area contributed by atoms with Crippen molar-refractivity contribution >= 4 is 34.8 Å². The van der Waals surface area contributed by atoms with E-state index in [0.717, 1.165) is 16.5 Å². The lowest BCUT2D eigenvalue weighted by Gasteiger charge is -2.20. The Morgan fingerprint density at radius 1 is 1.23 bits per heavy atom. The number of hydrogen-bond acceptors (Lipinski definition) is 6. The third-order valence-corrected chi connectivity index (χ3v) is 4.56. The van der Waals surface area contributed by atoms with Gasteiger partial charge in [0.15, 0.2) is 0 Å². The summed E-state index contributed by atoms with van der Waals surface area (Å²) in [4.78, 5) is 47.2. The third-order valence-electron chi connectivity index (χ3n) is 4.56. The van der Waals surface area contributed by atoms with Gasteiger partial charge in [0.05, 0.1) is 12.2 Å². The Hall–Kier alpha value is -3.36. The number of piperidine rings is 1. The predicted molar refractivity (Wildman–Crippen MR) is 107 cm³/mol. The summed E-state index contributed by atoms with van der Waals surface area (Å²) in [7, 11) is 0. The highest BCUT2D eigenvalue weighted by molar-refractivity contribution is 6.02. The molecule has 4 amide bonds. The number of fused-ring (bicyclic) bond motifs is 1. The van der Waals surface area contributed by atoms with E-state index in [9.17, 15) is 19.2 Å². The van der Waals surface area contributed by atoms with Crippen LogP contribution in [0.3, 0.4) is 0 Å². The number of carbonyl (C=O) groups excluding carboxylic acids is 4. The lowest BCUT2D eigenvalue weighted by Crippen LogP contribution is -2.39. The van der Waals surface area contributed by atoms with Crippen molar-refractivity contribution in [2.75, 3.05) is 6.54 Å². The number of carbonyl (C=O) groups is 4. The van der Waals surface area contributed by atoms with Crippen LogP contribution in [0.15, 0.2) is 28.9 Å². The van der Waals surface area contributed by atoms with Crippen LogP contribution in [-0.2, 0) is 25.7 Å². The van der Waals surface area contributed by atoms with Gasteiger partial charge in [-0.15, -0.1) is 0 Å². The van der Waals surface area contributed by atoms with Crippen LogP contribution in [0.1, 0.15) is 50.7 Å². The molecule has 1 aliphatic rings. The Bertz CT molecular complexity index is 988. The molecular weight excluding hydrogens is 390 g/mol. The largest absolute Gasteiger partial charge is 0.464 e. The number of nitrogens with one attached hydrogen (secondary N) is 3. The molecular formula is C21H25N3O6. The van der Waals surface area contributed by atoms with Gasteiger partial charge in [-0.3, -0.25) is 19.7 Å². The number of ether oxygens (including phenoxy) is 1. The Labute approximate surface area is 173 Å². The first-order valence-corrected chi connectivity index (χ1v) is 9.69. The molecule has 1 saturated heterocycles. The van der Waals surface area contributed by atoms with E-state index in [2.05, 4.69) is 16.0 Å². The molecule has 1 aromatic carbocycles. The van der Waals surface area contributed by atoms with Gasteiger partial charge in [-0.2, -0.15) is 0 Å². The summed E-state index contributed by atoms with van der Waals surface area (Å²) < 4.78 is 10.6. The number of benzene rings is 1. The lowest BCUT2D eigenvalue weighted by atomic mass is 9.90. The van der Waals surface area contributed by atoms with Crippen LogP contribution in [0.4, 0.5) is 4.79 Å². The van der Waals surface area contributed by atoms with E-state index in [-0.39, 0.29) is 37.2 Å². The van der Waals surface area contributed by atoms with Gasteiger partial charge >= 0.3 is 6.09 Å². The van der Waals surface area contributed by atoms with E-state index < -0.39 is 17.6 Å². The maximum absolute atomic E-state index is 12.2. The van der Waals surface area contributed by atoms with Gasteiger partial charge in [-0.05, 0) is 44.9 Å². The predicted octanol–water partition coefficient (Wildman–Crippen LogP) is 2.09. The van der Waals surface area contributed by atoms with E-state index in [4.69, 9.17) is 9.15 Å². The van der Waals surface area contributed by atoms with Crippen molar-refractivity contribution in [3.63, 3.8) is 0 Å². The molecule has 0 radical (unpaired) electrons. The molecule has 0 aliphatic carbocycles. The molecule has 1 atom stereocenters. The standard InChI is InChI=1S/C21H25N3O6/c1-21(2,3)30-20(28)23-10-18(26)22-9-12-4-6-16-14(8-12)15(11-29-16)13-5-7-17(25)24-19(13)27/h4,6,8,11,13H,5,7,9-10H2,1-3H3,(H,22,26)(H,23,28)(H,24,25,27). The van der Waals surface area contributed by atoms with Gasteiger partial charge in [-0.1, -0.05) is 6.07 Å². The zero-order valence-electron chi connectivity index (χ0n) is 17.2. The average Bonchev–Trinajstić information content (AvgIpc) is 3.06. The average molecular weight is 415 g/mol. The van der Waals surface area contributed by atoms with Crippen molar-refractivity contribution in [3.8, 4) is 0 Å². The van der Waals surface area contributed by atoms with E-state index in [1.165, 1.54) is 6.26 Å². The Morgan fingerprint density at radius 2 is 2.00 bits per heavy atom. The lowest BCUT2D eigenvalue weighted by molar-refractivity contribution is -0.134. The van der Waals surface area contributed by atoms with Crippen LogP contribution in [0, 0.1) is 0 Å². The van der Waals surface area contributed by atoms with Crippen LogP contribution in [0.5, 0.6) is 0 Å². The van der Waals surface area contributed by atoms with E-state index in [1.807, 2.05) is 12.1 Å².